The van der Waals surface area contributed by atoms with Crippen LogP contribution in [0.25, 0.3) is 0 Å². The van der Waals surface area contributed by atoms with E-state index in [1.807, 2.05) is 25.1 Å². The zero-order chi connectivity index (χ0) is 17.6. The third-order valence-corrected chi connectivity index (χ3v) is 5.79. The molecule has 0 aliphatic carbocycles. The summed E-state index contributed by atoms with van der Waals surface area (Å²) in [5.41, 5.74) is 1.08. The van der Waals surface area contributed by atoms with Gasteiger partial charge in [0.25, 0.3) is 0 Å². The van der Waals surface area contributed by atoms with Gasteiger partial charge in [-0.2, -0.15) is 0 Å². The predicted molar refractivity (Wildman–Crippen MR) is 98.2 cm³/mol. The Morgan fingerprint density at radius 3 is 2.80 bits per heavy atom. The Morgan fingerprint density at radius 2 is 2.08 bits per heavy atom. The monoisotopic (exact) mass is 342 g/mol. The van der Waals surface area contributed by atoms with Gasteiger partial charge in [0.1, 0.15) is 17.3 Å². The minimum absolute atomic E-state index is 0.0560. The summed E-state index contributed by atoms with van der Waals surface area (Å²) in [6.45, 7) is 9.60. The third kappa shape index (κ3) is 3.20. The number of piperidine rings is 1. The van der Waals surface area contributed by atoms with E-state index in [0.29, 0.717) is 12.0 Å². The van der Waals surface area contributed by atoms with Gasteiger partial charge in [-0.3, -0.25) is 4.90 Å². The number of anilines is 1. The van der Waals surface area contributed by atoms with Gasteiger partial charge in [-0.1, -0.05) is 6.07 Å². The van der Waals surface area contributed by atoms with E-state index in [1.54, 1.807) is 6.07 Å². The topological polar surface area (TPSA) is 19.6 Å². The molecule has 0 N–H and O–H groups in total. The van der Waals surface area contributed by atoms with Crippen LogP contribution in [-0.4, -0.2) is 29.6 Å². The van der Waals surface area contributed by atoms with Crippen LogP contribution in [0, 0.1) is 18.7 Å². The lowest BCUT2D eigenvalue weighted by Crippen LogP contribution is -2.48. The van der Waals surface area contributed by atoms with E-state index in [-0.39, 0.29) is 11.4 Å². The Hall–Kier alpha value is -1.81. The van der Waals surface area contributed by atoms with E-state index < -0.39 is 0 Å². The predicted octanol–water partition coefficient (Wildman–Crippen LogP) is 4.61. The van der Waals surface area contributed by atoms with Crippen molar-refractivity contribution in [2.45, 2.75) is 51.7 Å². The summed E-state index contributed by atoms with van der Waals surface area (Å²) in [7, 11) is 0. The van der Waals surface area contributed by atoms with Crippen molar-refractivity contribution in [1.82, 2.24) is 4.90 Å². The van der Waals surface area contributed by atoms with Crippen LogP contribution in [0.15, 0.2) is 40.8 Å². The van der Waals surface area contributed by atoms with E-state index in [1.165, 1.54) is 6.07 Å². The van der Waals surface area contributed by atoms with Crippen LogP contribution in [0.5, 0.6) is 0 Å². The zero-order valence-electron chi connectivity index (χ0n) is 15.3. The first-order valence-electron chi connectivity index (χ1n) is 9.25. The van der Waals surface area contributed by atoms with Gasteiger partial charge in [-0.05, 0) is 69.9 Å². The van der Waals surface area contributed by atoms with Gasteiger partial charge in [0.2, 0.25) is 0 Å². The third-order valence-electron chi connectivity index (χ3n) is 5.79. The van der Waals surface area contributed by atoms with Gasteiger partial charge in [0, 0.05) is 30.4 Å². The first-order chi connectivity index (χ1) is 11.9. The molecule has 0 spiro atoms. The fourth-order valence-electron chi connectivity index (χ4n) is 4.93. The Labute approximate surface area is 149 Å². The Balaban J connectivity index is 1.51. The average Bonchev–Trinajstić information content (AvgIpc) is 3.05. The maximum Gasteiger partial charge on any atom is 0.125 e. The molecule has 1 aromatic heterocycles. The molecule has 0 saturated carbocycles. The number of hydrogen-bond acceptors (Lipinski definition) is 3. The van der Waals surface area contributed by atoms with Crippen LogP contribution in [0.3, 0.4) is 0 Å². The van der Waals surface area contributed by atoms with Gasteiger partial charge < -0.3 is 9.32 Å². The summed E-state index contributed by atoms with van der Waals surface area (Å²) in [5, 5.41) is 0. The molecule has 2 aliphatic rings. The van der Waals surface area contributed by atoms with Crippen LogP contribution >= 0.6 is 0 Å². The highest BCUT2D eigenvalue weighted by Gasteiger charge is 2.48. The summed E-state index contributed by atoms with van der Waals surface area (Å²) in [6.07, 6.45) is 2.26. The van der Waals surface area contributed by atoms with E-state index in [0.717, 1.165) is 49.7 Å². The molecule has 2 saturated heterocycles. The van der Waals surface area contributed by atoms with Crippen molar-refractivity contribution >= 4 is 5.69 Å². The lowest BCUT2D eigenvalue weighted by molar-refractivity contribution is 0.151. The lowest BCUT2D eigenvalue weighted by atomic mass is 9.90. The molecule has 0 amide bonds. The zero-order valence-corrected chi connectivity index (χ0v) is 15.3. The summed E-state index contributed by atoms with van der Waals surface area (Å²) < 4.78 is 19.5. The van der Waals surface area contributed by atoms with E-state index in [4.69, 9.17) is 4.42 Å². The van der Waals surface area contributed by atoms with Crippen molar-refractivity contribution in [3.8, 4) is 0 Å². The molecule has 2 aromatic rings. The van der Waals surface area contributed by atoms with Crippen LogP contribution < -0.4 is 4.90 Å². The first kappa shape index (κ1) is 16.6. The number of rotatable bonds is 3. The number of furan rings is 1. The molecule has 4 rings (SSSR count). The molecular formula is C21H27FN2O. The number of nitrogens with zero attached hydrogens (tertiary/aromatic N) is 2. The summed E-state index contributed by atoms with van der Waals surface area (Å²) in [6, 6.07) is 11.7. The highest BCUT2D eigenvalue weighted by Crippen LogP contribution is 2.44. The second-order valence-corrected chi connectivity index (χ2v) is 8.23. The van der Waals surface area contributed by atoms with Crippen LogP contribution in [0.1, 0.15) is 38.2 Å². The van der Waals surface area contributed by atoms with Crippen molar-refractivity contribution in [3.05, 3.63) is 53.7 Å². The molecule has 1 aromatic carbocycles. The van der Waals surface area contributed by atoms with Gasteiger partial charge in [0.05, 0.1) is 6.54 Å². The fourth-order valence-corrected chi connectivity index (χ4v) is 4.93. The molecule has 0 radical (unpaired) electrons. The van der Waals surface area contributed by atoms with Gasteiger partial charge in [-0.15, -0.1) is 0 Å². The molecule has 2 fully saturated rings. The van der Waals surface area contributed by atoms with Crippen molar-refractivity contribution in [2.75, 3.05) is 18.0 Å². The van der Waals surface area contributed by atoms with Gasteiger partial charge in [-0.25, -0.2) is 4.39 Å². The summed E-state index contributed by atoms with van der Waals surface area (Å²) in [4.78, 5) is 4.97. The second kappa shape index (κ2) is 6.17. The molecule has 2 aliphatic heterocycles. The van der Waals surface area contributed by atoms with Gasteiger partial charge in [0.15, 0.2) is 0 Å². The maximum absolute atomic E-state index is 13.8. The minimum Gasteiger partial charge on any atom is -0.465 e. The highest BCUT2D eigenvalue weighted by molar-refractivity contribution is 5.52. The summed E-state index contributed by atoms with van der Waals surface area (Å²) >= 11 is 0. The maximum atomic E-state index is 13.8. The number of hydrogen-bond donors (Lipinski definition) is 0. The van der Waals surface area contributed by atoms with E-state index in [9.17, 15) is 4.39 Å². The largest absolute Gasteiger partial charge is 0.465 e. The number of halogens is 1. The summed E-state index contributed by atoms with van der Waals surface area (Å²) in [5.74, 6) is 2.49. The SMILES string of the molecule is Cc1ccc(CN2CC[C@H]3[C@@H](C2)CC(C)(C)N3c2cccc(F)c2)o1. The van der Waals surface area contributed by atoms with E-state index in [2.05, 4.69) is 29.7 Å². The molecule has 2 atom stereocenters. The quantitative estimate of drug-likeness (QED) is 0.812. The van der Waals surface area contributed by atoms with Crippen molar-refractivity contribution in [1.29, 1.82) is 0 Å². The molecule has 25 heavy (non-hydrogen) atoms. The van der Waals surface area contributed by atoms with E-state index >= 15 is 0 Å². The molecule has 3 nitrogen and oxygen atoms in total. The smallest absolute Gasteiger partial charge is 0.125 e. The average molecular weight is 342 g/mol. The standard InChI is InChI=1S/C21H27FN2O/c1-15-7-8-19(25-15)14-23-10-9-20-16(13-23)12-21(2,3)24(20)18-6-4-5-17(22)11-18/h4-8,11,16,20H,9-10,12-14H2,1-3H3/t16-,20+/m1/s1. The fraction of sp³-hybridized carbons (Fsp3) is 0.524. The Morgan fingerprint density at radius 1 is 1.24 bits per heavy atom. The normalized spacial score (nSPS) is 26.0. The van der Waals surface area contributed by atoms with Crippen molar-refractivity contribution < 1.29 is 8.81 Å². The van der Waals surface area contributed by atoms with Crippen LogP contribution in [-0.2, 0) is 6.54 Å². The molecule has 0 bridgehead atoms. The minimum atomic E-state index is -0.151. The number of fused-ring (bicyclic) bond motifs is 1. The molecular weight excluding hydrogens is 315 g/mol. The molecule has 134 valence electrons. The van der Waals surface area contributed by atoms with Crippen molar-refractivity contribution in [3.63, 3.8) is 0 Å². The number of likely N-dealkylation sites (tertiary alicyclic amines) is 1. The Kier molecular flexibility index (Phi) is 4.11. The number of benzene rings is 1. The van der Waals surface area contributed by atoms with Crippen LogP contribution in [0.4, 0.5) is 10.1 Å². The second-order valence-electron chi connectivity index (χ2n) is 8.23. The highest BCUT2D eigenvalue weighted by atomic mass is 19.1. The number of aryl methyl sites for hydroxylation is 1. The van der Waals surface area contributed by atoms with Crippen molar-refractivity contribution in [2.24, 2.45) is 5.92 Å². The van der Waals surface area contributed by atoms with Gasteiger partial charge >= 0.3 is 0 Å². The molecule has 3 heterocycles. The Bertz CT molecular complexity index is 754. The lowest BCUT2D eigenvalue weighted by Gasteiger charge is -2.41. The first-order valence-corrected chi connectivity index (χ1v) is 9.25. The molecule has 4 heteroatoms. The molecule has 0 unspecified atom stereocenters. The van der Waals surface area contributed by atoms with Crippen LogP contribution in [0.2, 0.25) is 0 Å².